The van der Waals surface area contributed by atoms with E-state index in [-0.39, 0.29) is 11.6 Å². The van der Waals surface area contributed by atoms with E-state index in [0.717, 1.165) is 24.0 Å². The van der Waals surface area contributed by atoms with Gasteiger partial charge in [-0.15, -0.1) is 0 Å². The molecule has 1 aromatic rings. The number of carbonyl (C=O) groups excluding carboxylic acids is 1. The van der Waals surface area contributed by atoms with E-state index in [0.29, 0.717) is 0 Å². The van der Waals surface area contributed by atoms with Gasteiger partial charge < -0.3 is 11.1 Å². The Labute approximate surface area is 126 Å². The van der Waals surface area contributed by atoms with Gasteiger partial charge in [-0.05, 0) is 37.0 Å². The smallest absolute Gasteiger partial charge is 0.398 e. The number of rotatable bonds is 6. The van der Waals surface area contributed by atoms with Crippen LogP contribution in [-0.4, -0.2) is 23.5 Å². The predicted octanol–water partition coefficient (Wildman–Crippen LogP) is 3.55. The molecule has 1 amide bonds. The van der Waals surface area contributed by atoms with E-state index in [1.54, 1.807) is 11.8 Å². The van der Waals surface area contributed by atoms with Crippen molar-refractivity contribution in [1.82, 2.24) is 5.32 Å². The number of benzene rings is 1. The summed E-state index contributed by atoms with van der Waals surface area (Å²) in [5.74, 6) is 1.30. The quantitative estimate of drug-likeness (QED) is 0.622. The maximum Gasteiger partial charge on any atom is 0.418 e. The zero-order valence-electron chi connectivity index (χ0n) is 12.0. The van der Waals surface area contributed by atoms with Crippen LogP contribution in [-0.2, 0) is 6.18 Å². The summed E-state index contributed by atoms with van der Waals surface area (Å²) in [6, 6.07) is 3.23. The van der Waals surface area contributed by atoms with Crippen molar-refractivity contribution in [3.05, 3.63) is 29.3 Å². The van der Waals surface area contributed by atoms with Crippen LogP contribution in [0.4, 0.5) is 18.9 Å². The predicted molar refractivity (Wildman–Crippen MR) is 80.4 cm³/mol. The molecule has 0 aliphatic heterocycles. The molecule has 3 nitrogen and oxygen atoms in total. The van der Waals surface area contributed by atoms with E-state index in [1.165, 1.54) is 12.1 Å². The highest BCUT2D eigenvalue weighted by Gasteiger charge is 2.34. The maximum atomic E-state index is 12.7. The SMILES string of the molecule is CCSCCC(C)NC(=O)c1cccc(C(F)(F)F)c1N. The van der Waals surface area contributed by atoms with E-state index in [2.05, 4.69) is 5.32 Å². The summed E-state index contributed by atoms with van der Waals surface area (Å²) >= 11 is 1.74. The minimum atomic E-state index is -4.57. The van der Waals surface area contributed by atoms with Crippen molar-refractivity contribution < 1.29 is 18.0 Å². The number of anilines is 1. The Morgan fingerprint density at radius 2 is 2.10 bits per heavy atom. The Hall–Kier alpha value is -1.37. The summed E-state index contributed by atoms with van der Waals surface area (Å²) in [6.07, 6.45) is -3.81. The summed E-state index contributed by atoms with van der Waals surface area (Å²) in [6.45, 7) is 3.86. The number of nitrogens with one attached hydrogen (secondary N) is 1. The molecule has 0 spiro atoms. The summed E-state index contributed by atoms with van der Waals surface area (Å²) in [5, 5.41) is 2.67. The number of hydrogen-bond acceptors (Lipinski definition) is 3. The van der Waals surface area contributed by atoms with E-state index < -0.39 is 23.3 Å². The highest BCUT2D eigenvalue weighted by Crippen LogP contribution is 2.34. The van der Waals surface area contributed by atoms with E-state index in [4.69, 9.17) is 5.73 Å². The van der Waals surface area contributed by atoms with Gasteiger partial charge in [0.1, 0.15) is 0 Å². The molecule has 1 atom stereocenters. The van der Waals surface area contributed by atoms with Crippen molar-refractivity contribution in [2.75, 3.05) is 17.2 Å². The van der Waals surface area contributed by atoms with Gasteiger partial charge in [-0.25, -0.2) is 0 Å². The van der Waals surface area contributed by atoms with Crippen LogP contribution >= 0.6 is 11.8 Å². The summed E-state index contributed by atoms with van der Waals surface area (Å²) < 4.78 is 38.2. The van der Waals surface area contributed by atoms with Gasteiger partial charge in [-0.1, -0.05) is 13.0 Å². The molecule has 1 aromatic carbocycles. The van der Waals surface area contributed by atoms with Crippen molar-refractivity contribution >= 4 is 23.4 Å². The number of amides is 1. The summed E-state index contributed by atoms with van der Waals surface area (Å²) in [4.78, 5) is 12.0. The van der Waals surface area contributed by atoms with Gasteiger partial charge in [0, 0.05) is 6.04 Å². The Bertz CT molecular complexity index is 492. The number of halogens is 3. The zero-order chi connectivity index (χ0) is 16.0. The van der Waals surface area contributed by atoms with Crippen molar-refractivity contribution in [2.24, 2.45) is 0 Å². The van der Waals surface area contributed by atoms with Gasteiger partial charge in [0.05, 0.1) is 16.8 Å². The fourth-order valence-electron chi connectivity index (χ4n) is 1.79. The van der Waals surface area contributed by atoms with Crippen LogP contribution in [0.2, 0.25) is 0 Å². The number of nitrogen functional groups attached to an aromatic ring is 1. The Morgan fingerprint density at radius 3 is 2.67 bits per heavy atom. The van der Waals surface area contributed by atoms with Gasteiger partial charge in [-0.2, -0.15) is 24.9 Å². The molecule has 1 unspecified atom stereocenters. The molecular formula is C14H19F3N2OS. The van der Waals surface area contributed by atoms with Crippen LogP contribution in [0.25, 0.3) is 0 Å². The molecular weight excluding hydrogens is 301 g/mol. The lowest BCUT2D eigenvalue weighted by Crippen LogP contribution is -2.33. The second-order valence-corrected chi connectivity index (χ2v) is 6.02. The summed E-state index contributed by atoms with van der Waals surface area (Å²) in [5.41, 5.74) is 3.83. The molecule has 0 aliphatic rings. The average molecular weight is 320 g/mol. The van der Waals surface area contributed by atoms with Gasteiger partial charge in [0.25, 0.3) is 5.91 Å². The molecule has 0 bridgehead atoms. The van der Waals surface area contributed by atoms with Crippen molar-refractivity contribution in [3.8, 4) is 0 Å². The topological polar surface area (TPSA) is 55.1 Å². The molecule has 0 aliphatic carbocycles. The number of hydrogen-bond donors (Lipinski definition) is 2. The Kier molecular flexibility index (Phi) is 6.39. The fraction of sp³-hybridized carbons (Fsp3) is 0.500. The Balaban J connectivity index is 2.79. The zero-order valence-corrected chi connectivity index (χ0v) is 12.8. The molecule has 7 heteroatoms. The molecule has 0 fully saturated rings. The third kappa shape index (κ3) is 5.15. The van der Waals surface area contributed by atoms with E-state index in [1.807, 2.05) is 13.8 Å². The highest BCUT2D eigenvalue weighted by atomic mass is 32.2. The lowest BCUT2D eigenvalue weighted by atomic mass is 10.1. The first kappa shape index (κ1) is 17.7. The number of alkyl halides is 3. The molecule has 1 rings (SSSR count). The number of para-hydroxylation sites is 1. The molecule has 118 valence electrons. The van der Waals surface area contributed by atoms with Gasteiger partial charge in [0.15, 0.2) is 0 Å². The van der Waals surface area contributed by atoms with Crippen molar-refractivity contribution in [3.63, 3.8) is 0 Å². The lowest BCUT2D eigenvalue weighted by Gasteiger charge is -2.16. The lowest BCUT2D eigenvalue weighted by molar-refractivity contribution is -0.136. The first-order chi connectivity index (χ1) is 9.77. The molecule has 0 aromatic heterocycles. The standard InChI is InChI=1S/C14H19F3N2OS/c1-3-21-8-7-9(2)19-13(20)10-5-4-6-11(12(10)18)14(15,16)17/h4-6,9H,3,7-8,18H2,1-2H3,(H,19,20). The monoisotopic (exact) mass is 320 g/mol. The van der Waals surface area contributed by atoms with Crippen LogP contribution in [0.3, 0.4) is 0 Å². The largest absolute Gasteiger partial charge is 0.418 e. The van der Waals surface area contributed by atoms with Gasteiger partial charge >= 0.3 is 6.18 Å². The number of nitrogens with two attached hydrogens (primary N) is 1. The third-order valence-corrected chi connectivity index (χ3v) is 3.87. The number of carbonyl (C=O) groups is 1. The van der Waals surface area contributed by atoms with Crippen LogP contribution in [0.15, 0.2) is 18.2 Å². The molecule has 0 saturated carbocycles. The van der Waals surface area contributed by atoms with E-state index in [9.17, 15) is 18.0 Å². The Morgan fingerprint density at radius 1 is 1.43 bits per heavy atom. The summed E-state index contributed by atoms with van der Waals surface area (Å²) in [7, 11) is 0. The first-order valence-corrected chi connectivity index (χ1v) is 7.77. The molecule has 0 radical (unpaired) electrons. The average Bonchev–Trinajstić information content (AvgIpc) is 2.37. The minimum absolute atomic E-state index is 0.120. The highest BCUT2D eigenvalue weighted by molar-refractivity contribution is 7.99. The van der Waals surface area contributed by atoms with Crippen molar-refractivity contribution in [2.45, 2.75) is 32.5 Å². The van der Waals surface area contributed by atoms with E-state index >= 15 is 0 Å². The second-order valence-electron chi connectivity index (χ2n) is 4.62. The molecule has 21 heavy (non-hydrogen) atoms. The normalized spacial score (nSPS) is 13.0. The van der Waals surface area contributed by atoms with Gasteiger partial charge in [0.2, 0.25) is 0 Å². The van der Waals surface area contributed by atoms with Crippen LogP contribution in [0, 0.1) is 0 Å². The molecule has 0 heterocycles. The molecule has 3 N–H and O–H groups in total. The fourth-order valence-corrected chi connectivity index (χ4v) is 2.60. The second kappa shape index (κ2) is 7.59. The molecule has 0 saturated heterocycles. The van der Waals surface area contributed by atoms with Crippen LogP contribution in [0.5, 0.6) is 0 Å². The van der Waals surface area contributed by atoms with Crippen LogP contribution in [0.1, 0.15) is 36.2 Å². The number of thioether (sulfide) groups is 1. The third-order valence-electron chi connectivity index (χ3n) is 2.93. The van der Waals surface area contributed by atoms with Crippen LogP contribution < -0.4 is 11.1 Å². The van der Waals surface area contributed by atoms with Gasteiger partial charge in [-0.3, -0.25) is 4.79 Å². The van der Waals surface area contributed by atoms with Crippen molar-refractivity contribution in [1.29, 1.82) is 0 Å². The maximum absolute atomic E-state index is 12.7. The first-order valence-electron chi connectivity index (χ1n) is 6.61. The minimum Gasteiger partial charge on any atom is -0.398 e.